The Morgan fingerprint density at radius 3 is 3.18 bits per heavy atom. The summed E-state index contributed by atoms with van der Waals surface area (Å²) in [6.45, 7) is 4.99. The standard InChI is InChI=1S/C13H18N2O2/c1-3-17-13-11(6-4-8-14-13)12-7-5-9-15(12)10(2)16/h4,6,8,12H,3,5,7,9H2,1-2H3/t12-/m0/s1. The van der Waals surface area contributed by atoms with Crippen LogP contribution in [0.4, 0.5) is 0 Å². The van der Waals surface area contributed by atoms with E-state index in [-0.39, 0.29) is 11.9 Å². The van der Waals surface area contributed by atoms with Gasteiger partial charge in [0.2, 0.25) is 11.8 Å². The first kappa shape index (κ1) is 11.9. The highest BCUT2D eigenvalue weighted by molar-refractivity contribution is 5.74. The number of carbonyl (C=O) groups excluding carboxylic acids is 1. The molecule has 92 valence electrons. The van der Waals surface area contributed by atoms with E-state index in [0.29, 0.717) is 12.5 Å². The summed E-state index contributed by atoms with van der Waals surface area (Å²) in [5, 5.41) is 0. The van der Waals surface area contributed by atoms with Crippen LogP contribution < -0.4 is 4.74 Å². The van der Waals surface area contributed by atoms with Crippen molar-refractivity contribution in [3.63, 3.8) is 0 Å². The first-order valence-corrected chi connectivity index (χ1v) is 6.09. The van der Waals surface area contributed by atoms with Crippen LogP contribution in [0.15, 0.2) is 18.3 Å². The fourth-order valence-electron chi connectivity index (χ4n) is 2.38. The van der Waals surface area contributed by atoms with Crippen molar-refractivity contribution >= 4 is 5.91 Å². The number of likely N-dealkylation sites (tertiary alicyclic amines) is 1. The summed E-state index contributed by atoms with van der Waals surface area (Å²) in [5.41, 5.74) is 1.03. The zero-order valence-electron chi connectivity index (χ0n) is 10.3. The molecular weight excluding hydrogens is 216 g/mol. The van der Waals surface area contributed by atoms with E-state index in [1.807, 2.05) is 24.0 Å². The molecule has 2 heterocycles. The van der Waals surface area contributed by atoms with Crippen molar-refractivity contribution < 1.29 is 9.53 Å². The second-order valence-electron chi connectivity index (χ2n) is 4.20. The van der Waals surface area contributed by atoms with Crippen molar-refractivity contribution in [1.29, 1.82) is 0 Å². The van der Waals surface area contributed by atoms with Gasteiger partial charge in [-0.15, -0.1) is 0 Å². The summed E-state index contributed by atoms with van der Waals surface area (Å²) in [6, 6.07) is 4.03. The molecule has 1 aliphatic heterocycles. The van der Waals surface area contributed by atoms with Crippen LogP contribution in [0.2, 0.25) is 0 Å². The Morgan fingerprint density at radius 2 is 2.47 bits per heavy atom. The molecule has 4 heteroatoms. The number of aromatic nitrogens is 1. The molecule has 0 N–H and O–H groups in total. The molecule has 4 nitrogen and oxygen atoms in total. The topological polar surface area (TPSA) is 42.4 Å². The molecule has 0 saturated carbocycles. The number of ether oxygens (including phenoxy) is 1. The lowest BCUT2D eigenvalue weighted by atomic mass is 10.1. The molecule has 2 rings (SSSR count). The van der Waals surface area contributed by atoms with Gasteiger partial charge < -0.3 is 9.64 Å². The van der Waals surface area contributed by atoms with Crippen molar-refractivity contribution in [3.05, 3.63) is 23.9 Å². The van der Waals surface area contributed by atoms with E-state index in [1.165, 1.54) is 0 Å². The number of pyridine rings is 1. The van der Waals surface area contributed by atoms with Gasteiger partial charge in [-0.2, -0.15) is 0 Å². The van der Waals surface area contributed by atoms with Gasteiger partial charge in [-0.05, 0) is 25.8 Å². The third-order valence-electron chi connectivity index (χ3n) is 3.10. The van der Waals surface area contributed by atoms with Crippen LogP contribution >= 0.6 is 0 Å². The summed E-state index contributed by atoms with van der Waals surface area (Å²) in [7, 11) is 0. The van der Waals surface area contributed by atoms with Crippen LogP contribution in [-0.2, 0) is 4.79 Å². The molecule has 17 heavy (non-hydrogen) atoms. The largest absolute Gasteiger partial charge is 0.478 e. The van der Waals surface area contributed by atoms with Crippen LogP contribution in [0.25, 0.3) is 0 Å². The van der Waals surface area contributed by atoms with Gasteiger partial charge in [-0.3, -0.25) is 4.79 Å². The second-order valence-corrected chi connectivity index (χ2v) is 4.20. The quantitative estimate of drug-likeness (QED) is 0.805. The molecule has 0 aromatic carbocycles. The molecule has 0 bridgehead atoms. The van der Waals surface area contributed by atoms with Gasteiger partial charge in [0.05, 0.1) is 12.6 Å². The Bertz CT molecular complexity index is 406. The SMILES string of the molecule is CCOc1ncccc1[C@@H]1CCCN1C(C)=O. The average molecular weight is 234 g/mol. The average Bonchev–Trinajstić information content (AvgIpc) is 2.79. The Balaban J connectivity index is 2.29. The summed E-state index contributed by atoms with van der Waals surface area (Å²) < 4.78 is 5.53. The Hall–Kier alpha value is -1.58. The highest BCUT2D eigenvalue weighted by Crippen LogP contribution is 2.35. The number of rotatable bonds is 3. The minimum absolute atomic E-state index is 0.124. The smallest absolute Gasteiger partial charge is 0.219 e. The van der Waals surface area contributed by atoms with Gasteiger partial charge >= 0.3 is 0 Å². The predicted octanol–water partition coefficient (Wildman–Crippen LogP) is 2.16. The summed E-state index contributed by atoms with van der Waals surface area (Å²) >= 11 is 0. The molecule has 1 saturated heterocycles. The maximum atomic E-state index is 11.6. The Kier molecular flexibility index (Phi) is 3.61. The number of amides is 1. The maximum absolute atomic E-state index is 11.6. The predicted molar refractivity (Wildman–Crippen MR) is 64.8 cm³/mol. The van der Waals surface area contributed by atoms with E-state index in [4.69, 9.17) is 4.74 Å². The molecular formula is C13H18N2O2. The molecule has 1 aromatic rings. The zero-order chi connectivity index (χ0) is 12.3. The van der Waals surface area contributed by atoms with Crippen molar-refractivity contribution in [2.75, 3.05) is 13.2 Å². The second kappa shape index (κ2) is 5.17. The third-order valence-corrected chi connectivity index (χ3v) is 3.10. The highest BCUT2D eigenvalue weighted by Gasteiger charge is 2.30. The lowest BCUT2D eigenvalue weighted by Crippen LogP contribution is -2.28. The molecule has 1 amide bonds. The van der Waals surface area contributed by atoms with Crippen molar-refractivity contribution in [1.82, 2.24) is 9.88 Å². The minimum Gasteiger partial charge on any atom is -0.478 e. The van der Waals surface area contributed by atoms with E-state index in [9.17, 15) is 4.79 Å². The van der Waals surface area contributed by atoms with Crippen molar-refractivity contribution in [2.45, 2.75) is 32.7 Å². The lowest BCUT2D eigenvalue weighted by molar-refractivity contribution is -0.129. The maximum Gasteiger partial charge on any atom is 0.219 e. The highest BCUT2D eigenvalue weighted by atomic mass is 16.5. The molecule has 0 spiro atoms. The van der Waals surface area contributed by atoms with Gasteiger partial charge in [0, 0.05) is 25.2 Å². The first-order chi connectivity index (χ1) is 8.24. The van der Waals surface area contributed by atoms with Gasteiger partial charge in [0.15, 0.2) is 0 Å². The van der Waals surface area contributed by atoms with E-state index in [0.717, 1.165) is 24.9 Å². The zero-order valence-corrected chi connectivity index (χ0v) is 10.3. The number of nitrogens with zero attached hydrogens (tertiary/aromatic N) is 2. The van der Waals surface area contributed by atoms with E-state index < -0.39 is 0 Å². The number of hydrogen-bond donors (Lipinski definition) is 0. The normalized spacial score (nSPS) is 19.4. The van der Waals surface area contributed by atoms with E-state index in [1.54, 1.807) is 13.1 Å². The van der Waals surface area contributed by atoms with E-state index >= 15 is 0 Å². The summed E-state index contributed by atoms with van der Waals surface area (Å²) in [5.74, 6) is 0.784. The third kappa shape index (κ3) is 2.40. The fraction of sp³-hybridized carbons (Fsp3) is 0.538. The molecule has 0 aliphatic carbocycles. The van der Waals surface area contributed by atoms with Crippen LogP contribution in [-0.4, -0.2) is 28.9 Å². The van der Waals surface area contributed by atoms with Crippen molar-refractivity contribution in [3.8, 4) is 5.88 Å². The minimum atomic E-state index is 0.124. The Labute approximate surface area is 102 Å². The van der Waals surface area contributed by atoms with Crippen LogP contribution in [0.1, 0.15) is 38.3 Å². The molecule has 0 radical (unpaired) electrons. The molecule has 0 unspecified atom stereocenters. The molecule has 1 aromatic heterocycles. The Morgan fingerprint density at radius 1 is 1.65 bits per heavy atom. The van der Waals surface area contributed by atoms with Gasteiger partial charge in [-0.25, -0.2) is 4.98 Å². The first-order valence-electron chi connectivity index (χ1n) is 6.09. The summed E-state index contributed by atoms with van der Waals surface area (Å²) in [4.78, 5) is 17.7. The molecule has 1 fully saturated rings. The van der Waals surface area contributed by atoms with Crippen LogP contribution in [0.3, 0.4) is 0 Å². The van der Waals surface area contributed by atoms with Crippen LogP contribution in [0, 0.1) is 0 Å². The lowest BCUT2D eigenvalue weighted by Gasteiger charge is -2.24. The van der Waals surface area contributed by atoms with E-state index in [2.05, 4.69) is 4.98 Å². The monoisotopic (exact) mass is 234 g/mol. The van der Waals surface area contributed by atoms with Gasteiger partial charge in [-0.1, -0.05) is 6.07 Å². The molecule has 1 aliphatic rings. The van der Waals surface area contributed by atoms with Crippen molar-refractivity contribution in [2.24, 2.45) is 0 Å². The summed E-state index contributed by atoms with van der Waals surface area (Å²) in [6.07, 6.45) is 3.76. The van der Waals surface area contributed by atoms with Gasteiger partial charge in [0.25, 0.3) is 0 Å². The number of hydrogen-bond acceptors (Lipinski definition) is 3. The fourth-order valence-corrected chi connectivity index (χ4v) is 2.38. The van der Waals surface area contributed by atoms with Gasteiger partial charge in [0.1, 0.15) is 0 Å². The van der Waals surface area contributed by atoms with Crippen LogP contribution in [0.5, 0.6) is 5.88 Å². The number of carbonyl (C=O) groups is 1. The molecule has 1 atom stereocenters.